The van der Waals surface area contributed by atoms with Crippen molar-refractivity contribution in [2.75, 3.05) is 20.3 Å². The Balaban J connectivity index is 1.69. The fraction of sp³-hybridized carbons (Fsp3) is 0.250. The summed E-state index contributed by atoms with van der Waals surface area (Å²) in [5, 5.41) is 9.74. The number of hydrazone groups is 1. The van der Waals surface area contributed by atoms with Crippen LogP contribution in [0, 0.1) is 0 Å². The van der Waals surface area contributed by atoms with Crippen LogP contribution < -0.4 is 25.5 Å². The monoisotopic (exact) mass is 500 g/mol. The summed E-state index contributed by atoms with van der Waals surface area (Å²) in [6.07, 6.45) is 1.46. The van der Waals surface area contributed by atoms with Crippen LogP contribution in [0.3, 0.4) is 0 Å². The summed E-state index contributed by atoms with van der Waals surface area (Å²) in [6.45, 7) is 3.20. The van der Waals surface area contributed by atoms with Crippen molar-refractivity contribution in [1.29, 1.82) is 0 Å². The number of methoxy groups -OCH3 is 1. The van der Waals surface area contributed by atoms with Gasteiger partial charge in [-0.1, -0.05) is 29.8 Å². The zero-order valence-electron chi connectivity index (χ0n) is 19.4. The van der Waals surface area contributed by atoms with Crippen LogP contribution in [0.15, 0.2) is 58.8 Å². The lowest BCUT2D eigenvalue weighted by Gasteiger charge is -2.28. The number of allylic oxidation sites excluding steroid dienone is 1. The van der Waals surface area contributed by atoms with Crippen LogP contribution in [-0.2, 0) is 14.3 Å². The first kappa shape index (κ1) is 25.6. The van der Waals surface area contributed by atoms with Crippen molar-refractivity contribution < 1.29 is 28.6 Å². The van der Waals surface area contributed by atoms with E-state index in [0.29, 0.717) is 27.8 Å². The molecule has 0 aliphatic carbocycles. The molecule has 0 saturated carbocycles. The summed E-state index contributed by atoms with van der Waals surface area (Å²) in [4.78, 5) is 36.7. The second-order valence-corrected chi connectivity index (χ2v) is 7.77. The van der Waals surface area contributed by atoms with E-state index in [4.69, 9.17) is 25.8 Å². The van der Waals surface area contributed by atoms with E-state index in [2.05, 4.69) is 21.2 Å². The molecule has 2 aromatic rings. The quantitative estimate of drug-likeness (QED) is 0.276. The van der Waals surface area contributed by atoms with E-state index >= 15 is 0 Å². The molecule has 3 amide bonds. The minimum Gasteiger partial charge on any atom is -0.493 e. The number of ether oxygens (including phenoxy) is 3. The van der Waals surface area contributed by atoms with Gasteiger partial charge in [-0.15, -0.1) is 0 Å². The SMILES string of the molecule is CCOC(=O)C1=C(C)NC(=O)N[C@H]1c1ccc(OCC(=O)N/N=C\c2cccc(Cl)c2)c(OC)c1. The first-order valence-electron chi connectivity index (χ1n) is 10.7. The first-order chi connectivity index (χ1) is 16.8. The van der Waals surface area contributed by atoms with Gasteiger partial charge in [0.2, 0.25) is 0 Å². The Kier molecular flexibility index (Phi) is 8.69. The molecule has 0 fully saturated rings. The normalized spacial score (nSPS) is 15.3. The van der Waals surface area contributed by atoms with Crippen molar-refractivity contribution in [2.45, 2.75) is 19.9 Å². The van der Waals surface area contributed by atoms with E-state index in [1.165, 1.54) is 13.3 Å². The average Bonchev–Trinajstić information content (AvgIpc) is 2.82. The van der Waals surface area contributed by atoms with Gasteiger partial charge in [0, 0.05) is 10.7 Å². The Morgan fingerprint density at radius 1 is 1.20 bits per heavy atom. The topological polar surface area (TPSA) is 127 Å². The van der Waals surface area contributed by atoms with Crippen LogP contribution in [0.2, 0.25) is 5.02 Å². The number of nitrogens with zero attached hydrogens (tertiary/aromatic N) is 1. The lowest BCUT2D eigenvalue weighted by molar-refractivity contribution is -0.139. The van der Waals surface area contributed by atoms with Crippen LogP contribution in [-0.4, -0.2) is 44.4 Å². The lowest BCUT2D eigenvalue weighted by atomic mass is 9.95. The molecule has 3 N–H and O–H groups in total. The average molecular weight is 501 g/mol. The lowest BCUT2D eigenvalue weighted by Crippen LogP contribution is -2.45. The van der Waals surface area contributed by atoms with Gasteiger partial charge in [-0.2, -0.15) is 5.10 Å². The molecule has 0 unspecified atom stereocenters. The van der Waals surface area contributed by atoms with E-state index in [1.807, 2.05) is 0 Å². The summed E-state index contributed by atoms with van der Waals surface area (Å²) >= 11 is 5.91. The van der Waals surface area contributed by atoms with Gasteiger partial charge in [0.15, 0.2) is 18.1 Å². The largest absolute Gasteiger partial charge is 0.493 e. The molecule has 11 heteroatoms. The molecule has 1 aliphatic heterocycles. The minimum absolute atomic E-state index is 0.192. The van der Waals surface area contributed by atoms with Gasteiger partial charge in [0.25, 0.3) is 5.91 Å². The van der Waals surface area contributed by atoms with Crippen molar-refractivity contribution in [3.8, 4) is 11.5 Å². The van der Waals surface area contributed by atoms with Crippen molar-refractivity contribution in [3.63, 3.8) is 0 Å². The number of urea groups is 1. The molecule has 184 valence electrons. The molecule has 0 saturated heterocycles. The van der Waals surface area contributed by atoms with Gasteiger partial charge in [-0.3, -0.25) is 4.79 Å². The third kappa shape index (κ3) is 6.73. The van der Waals surface area contributed by atoms with Gasteiger partial charge < -0.3 is 24.8 Å². The van der Waals surface area contributed by atoms with Crippen LogP contribution in [0.5, 0.6) is 11.5 Å². The number of hydrogen-bond donors (Lipinski definition) is 3. The molecule has 1 aliphatic rings. The molecule has 35 heavy (non-hydrogen) atoms. The summed E-state index contributed by atoms with van der Waals surface area (Å²) in [5.41, 5.74) is 4.34. The van der Waals surface area contributed by atoms with Crippen LogP contribution in [0.4, 0.5) is 4.79 Å². The molecule has 10 nitrogen and oxygen atoms in total. The second kappa shape index (κ2) is 11.9. The summed E-state index contributed by atoms with van der Waals surface area (Å²) in [5.74, 6) is -0.421. The number of benzene rings is 2. The standard InChI is InChI=1S/C24H25ClN4O6/c1-4-34-23(31)21-14(2)27-24(32)28-22(21)16-8-9-18(19(11-16)33-3)35-13-20(30)29-26-12-15-6-5-7-17(25)10-15/h5-12,22H,4,13H2,1-3H3,(H,29,30)(H2,27,28,32)/b26-12-/t22-/m0/s1. The van der Waals surface area contributed by atoms with E-state index in [0.717, 1.165) is 5.56 Å². The number of nitrogens with one attached hydrogen (secondary N) is 3. The Morgan fingerprint density at radius 3 is 2.71 bits per heavy atom. The maximum atomic E-state index is 12.5. The number of carbonyl (C=O) groups is 3. The van der Waals surface area contributed by atoms with Crippen molar-refractivity contribution >= 4 is 35.7 Å². The molecule has 1 heterocycles. The number of carbonyl (C=O) groups excluding carboxylic acids is 3. The van der Waals surface area contributed by atoms with Crippen molar-refractivity contribution in [3.05, 3.63) is 69.9 Å². The highest BCUT2D eigenvalue weighted by molar-refractivity contribution is 6.30. The fourth-order valence-corrected chi connectivity index (χ4v) is 3.55. The first-order valence-corrected chi connectivity index (χ1v) is 11.0. The fourth-order valence-electron chi connectivity index (χ4n) is 3.35. The highest BCUT2D eigenvalue weighted by atomic mass is 35.5. The van der Waals surface area contributed by atoms with E-state index in [9.17, 15) is 14.4 Å². The zero-order valence-corrected chi connectivity index (χ0v) is 20.1. The third-order valence-electron chi connectivity index (χ3n) is 4.90. The number of halogens is 1. The number of esters is 1. The van der Waals surface area contributed by atoms with Crippen LogP contribution in [0.1, 0.15) is 31.0 Å². The summed E-state index contributed by atoms with van der Waals surface area (Å²) < 4.78 is 16.1. The molecule has 1 atom stereocenters. The summed E-state index contributed by atoms with van der Waals surface area (Å²) in [6, 6.07) is 10.7. The van der Waals surface area contributed by atoms with Crippen LogP contribution in [0.25, 0.3) is 0 Å². The second-order valence-electron chi connectivity index (χ2n) is 7.34. The van der Waals surface area contributed by atoms with Gasteiger partial charge >= 0.3 is 12.0 Å². The van der Waals surface area contributed by atoms with Gasteiger partial charge in [0.1, 0.15) is 0 Å². The number of hydrogen-bond acceptors (Lipinski definition) is 7. The molecule has 0 spiro atoms. The van der Waals surface area contributed by atoms with Crippen LogP contribution >= 0.6 is 11.6 Å². The Hall–Kier alpha value is -4.05. The number of rotatable bonds is 9. The van der Waals surface area contributed by atoms with E-state index < -0.39 is 23.9 Å². The van der Waals surface area contributed by atoms with Gasteiger partial charge in [-0.25, -0.2) is 15.0 Å². The van der Waals surface area contributed by atoms with Gasteiger partial charge in [0.05, 0.1) is 31.5 Å². The molecule has 0 bridgehead atoms. The van der Waals surface area contributed by atoms with Crippen molar-refractivity contribution in [2.24, 2.45) is 5.10 Å². The number of amides is 3. The maximum Gasteiger partial charge on any atom is 0.338 e. The zero-order chi connectivity index (χ0) is 25.4. The highest BCUT2D eigenvalue weighted by Gasteiger charge is 2.32. The molecule has 2 aromatic carbocycles. The maximum absolute atomic E-state index is 12.5. The highest BCUT2D eigenvalue weighted by Crippen LogP contribution is 2.34. The third-order valence-corrected chi connectivity index (χ3v) is 5.13. The predicted molar refractivity (Wildman–Crippen MR) is 129 cm³/mol. The van der Waals surface area contributed by atoms with E-state index in [1.54, 1.807) is 56.3 Å². The predicted octanol–water partition coefficient (Wildman–Crippen LogP) is 3.07. The Labute approximate surface area is 207 Å². The van der Waals surface area contributed by atoms with Gasteiger partial charge in [-0.05, 0) is 49.2 Å². The van der Waals surface area contributed by atoms with E-state index in [-0.39, 0.29) is 18.8 Å². The molecule has 0 radical (unpaired) electrons. The molecule has 3 rings (SSSR count). The minimum atomic E-state index is -0.755. The van der Waals surface area contributed by atoms with Crippen molar-refractivity contribution in [1.82, 2.24) is 16.1 Å². The molecule has 0 aromatic heterocycles. The molecular weight excluding hydrogens is 476 g/mol. The Morgan fingerprint density at radius 2 is 2.00 bits per heavy atom. The smallest absolute Gasteiger partial charge is 0.338 e. The molecular formula is C24H25ClN4O6. The Bertz CT molecular complexity index is 1180. The summed E-state index contributed by atoms with van der Waals surface area (Å²) in [7, 11) is 1.44.